The number of benzene rings is 1. The molecule has 1 aromatic carbocycles. The summed E-state index contributed by atoms with van der Waals surface area (Å²) in [5, 5.41) is 0. The normalized spacial score (nSPS) is 11.2. The molecule has 0 heterocycles. The van der Waals surface area contributed by atoms with Gasteiger partial charge in [-0.1, -0.05) is 18.2 Å². The van der Waals surface area contributed by atoms with Crippen molar-refractivity contribution in [1.82, 2.24) is 0 Å². The quantitative estimate of drug-likeness (QED) is 0.826. The van der Waals surface area contributed by atoms with Crippen molar-refractivity contribution in [3.05, 3.63) is 29.8 Å². The molecular weight excluding hydrogens is 202 g/mol. The highest BCUT2D eigenvalue weighted by molar-refractivity contribution is 5.82. The summed E-state index contributed by atoms with van der Waals surface area (Å²) in [5.74, 6) is 0.891. The number of hydrogen-bond acceptors (Lipinski definition) is 3. The minimum absolute atomic E-state index is 0.136. The van der Waals surface area contributed by atoms with Crippen LogP contribution in [0.15, 0.2) is 24.3 Å². The van der Waals surface area contributed by atoms with Gasteiger partial charge >= 0.3 is 0 Å². The minimum Gasteiger partial charge on any atom is -0.496 e. The predicted molar refractivity (Wildman–Crippen MR) is 64.6 cm³/mol. The molecule has 0 radical (unpaired) electrons. The first-order valence-corrected chi connectivity index (χ1v) is 5.35. The summed E-state index contributed by atoms with van der Waals surface area (Å²) in [6.07, 6.45) is 0.760. The summed E-state index contributed by atoms with van der Waals surface area (Å²) in [7, 11) is 1.61. The monoisotopic (exact) mass is 221 g/mol. The molecule has 2 N–H and O–H groups in total. The maximum atomic E-state index is 11.8. The van der Waals surface area contributed by atoms with E-state index in [-0.39, 0.29) is 5.78 Å². The lowest BCUT2D eigenvalue weighted by molar-refractivity contribution is -0.119. The second kappa shape index (κ2) is 5.12. The molecule has 0 spiro atoms. The summed E-state index contributed by atoms with van der Waals surface area (Å²) in [6.45, 7) is 3.71. The third kappa shape index (κ3) is 4.03. The third-order valence-electron chi connectivity index (χ3n) is 2.23. The van der Waals surface area contributed by atoms with Crippen LogP contribution in [0.4, 0.5) is 0 Å². The van der Waals surface area contributed by atoms with Gasteiger partial charge in [-0.05, 0) is 19.9 Å². The van der Waals surface area contributed by atoms with Gasteiger partial charge in [0, 0.05) is 23.9 Å². The van der Waals surface area contributed by atoms with Crippen molar-refractivity contribution in [1.29, 1.82) is 0 Å². The first-order valence-electron chi connectivity index (χ1n) is 5.35. The summed E-state index contributed by atoms with van der Waals surface area (Å²) in [4.78, 5) is 11.8. The number of carbonyl (C=O) groups is 1. The second-order valence-electron chi connectivity index (χ2n) is 4.69. The van der Waals surface area contributed by atoms with Gasteiger partial charge in [0.15, 0.2) is 0 Å². The molecule has 1 aromatic rings. The van der Waals surface area contributed by atoms with Gasteiger partial charge < -0.3 is 10.5 Å². The molecule has 0 aliphatic carbocycles. The van der Waals surface area contributed by atoms with E-state index in [9.17, 15) is 4.79 Å². The molecule has 0 aromatic heterocycles. The number of methoxy groups -OCH3 is 1. The molecule has 0 aliphatic rings. The highest BCUT2D eigenvalue weighted by Gasteiger charge is 2.17. The van der Waals surface area contributed by atoms with E-state index in [0.717, 1.165) is 11.3 Å². The molecule has 16 heavy (non-hydrogen) atoms. The van der Waals surface area contributed by atoms with Gasteiger partial charge in [-0.15, -0.1) is 0 Å². The second-order valence-corrected chi connectivity index (χ2v) is 4.69. The van der Waals surface area contributed by atoms with Gasteiger partial charge in [0.25, 0.3) is 0 Å². The Balaban J connectivity index is 2.70. The van der Waals surface area contributed by atoms with Crippen molar-refractivity contribution in [2.45, 2.75) is 32.2 Å². The topological polar surface area (TPSA) is 52.3 Å². The van der Waals surface area contributed by atoms with Crippen molar-refractivity contribution >= 4 is 5.78 Å². The Morgan fingerprint density at radius 1 is 1.38 bits per heavy atom. The number of hydrogen-bond donors (Lipinski definition) is 1. The van der Waals surface area contributed by atoms with Crippen LogP contribution in [0.5, 0.6) is 5.75 Å². The van der Waals surface area contributed by atoms with Crippen molar-refractivity contribution < 1.29 is 9.53 Å². The molecule has 0 amide bonds. The molecule has 88 valence electrons. The molecule has 0 bridgehead atoms. The van der Waals surface area contributed by atoms with Gasteiger partial charge in [0.2, 0.25) is 0 Å². The number of nitrogens with two attached hydrogens (primary N) is 1. The minimum atomic E-state index is -0.445. The van der Waals surface area contributed by atoms with Crippen LogP contribution in [-0.4, -0.2) is 18.4 Å². The number of rotatable bonds is 5. The number of ether oxygens (including phenoxy) is 1. The Morgan fingerprint density at radius 3 is 2.56 bits per heavy atom. The van der Waals surface area contributed by atoms with Gasteiger partial charge in [-0.25, -0.2) is 0 Å². The van der Waals surface area contributed by atoms with Gasteiger partial charge in [-0.3, -0.25) is 4.79 Å². The largest absolute Gasteiger partial charge is 0.496 e. The average Bonchev–Trinajstić information content (AvgIpc) is 2.15. The van der Waals surface area contributed by atoms with Crippen LogP contribution in [0.2, 0.25) is 0 Å². The molecule has 1 rings (SSSR count). The van der Waals surface area contributed by atoms with Crippen LogP contribution in [0.3, 0.4) is 0 Å². The van der Waals surface area contributed by atoms with E-state index in [1.54, 1.807) is 7.11 Å². The molecule has 0 atom stereocenters. The summed E-state index contributed by atoms with van der Waals surface area (Å²) in [6, 6.07) is 7.55. The lowest BCUT2D eigenvalue weighted by Crippen LogP contribution is -2.35. The number of ketones is 1. The molecular formula is C13H19NO2. The van der Waals surface area contributed by atoms with Gasteiger partial charge in [0.05, 0.1) is 7.11 Å². The zero-order valence-corrected chi connectivity index (χ0v) is 10.1. The zero-order chi connectivity index (χ0) is 12.2. The Morgan fingerprint density at radius 2 is 2.00 bits per heavy atom. The Labute approximate surface area is 96.6 Å². The Bertz CT molecular complexity index is 366. The van der Waals surface area contributed by atoms with E-state index in [2.05, 4.69) is 0 Å². The third-order valence-corrected chi connectivity index (χ3v) is 2.23. The zero-order valence-electron chi connectivity index (χ0n) is 10.1. The van der Waals surface area contributed by atoms with E-state index in [4.69, 9.17) is 10.5 Å². The average molecular weight is 221 g/mol. The highest BCUT2D eigenvalue weighted by Crippen LogP contribution is 2.19. The molecule has 0 aliphatic heterocycles. The molecule has 0 unspecified atom stereocenters. The summed E-state index contributed by atoms with van der Waals surface area (Å²) < 4.78 is 5.19. The smallest absolute Gasteiger partial charge is 0.139 e. The fourth-order valence-corrected chi connectivity index (χ4v) is 1.63. The molecule has 0 fully saturated rings. The van der Waals surface area contributed by atoms with Crippen molar-refractivity contribution in [2.24, 2.45) is 5.73 Å². The van der Waals surface area contributed by atoms with E-state index < -0.39 is 5.54 Å². The fraction of sp³-hybridized carbons (Fsp3) is 0.462. The predicted octanol–water partition coefficient (Wildman–Crippen LogP) is 1.93. The van der Waals surface area contributed by atoms with Crippen LogP contribution in [0.1, 0.15) is 25.8 Å². The van der Waals surface area contributed by atoms with Crippen LogP contribution in [-0.2, 0) is 11.2 Å². The van der Waals surface area contributed by atoms with E-state index in [1.807, 2.05) is 38.1 Å². The number of carbonyl (C=O) groups excluding carboxylic acids is 1. The lowest BCUT2D eigenvalue weighted by Gasteiger charge is -2.17. The number of para-hydroxylation sites is 1. The Kier molecular flexibility index (Phi) is 4.07. The molecule has 0 saturated carbocycles. The number of Topliss-reactive ketones (excluding diaryl/α,β-unsaturated/α-hetero) is 1. The van der Waals surface area contributed by atoms with Gasteiger partial charge in [-0.2, -0.15) is 0 Å². The molecule has 3 heteroatoms. The maximum absolute atomic E-state index is 11.8. The van der Waals surface area contributed by atoms with Crippen LogP contribution >= 0.6 is 0 Å². The van der Waals surface area contributed by atoms with E-state index in [0.29, 0.717) is 12.8 Å². The highest BCUT2D eigenvalue weighted by atomic mass is 16.5. The first-order chi connectivity index (χ1) is 7.42. The molecule has 0 saturated heterocycles. The van der Waals surface area contributed by atoms with E-state index in [1.165, 1.54) is 0 Å². The van der Waals surface area contributed by atoms with Crippen molar-refractivity contribution in [3.63, 3.8) is 0 Å². The summed E-state index contributed by atoms with van der Waals surface area (Å²) >= 11 is 0. The Hall–Kier alpha value is -1.35. The van der Waals surface area contributed by atoms with Crippen molar-refractivity contribution in [2.75, 3.05) is 7.11 Å². The summed E-state index contributed by atoms with van der Waals surface area (Å²) in [5.41, 5.74) is 6.28. The lowest BCUT2D eigenvalue weighted by atomic mass is 9.95. The maximum Gasteiger partial charge on any atom is 0.139 e. The van der Waals surface area contributed by atoms with E-state index >= 15 is 0 Å². The standard InChI is InChI=1S/C13H19NO2/c1-13(2,14)9-11(15)8-10-6-4-5-7-12(10)16-3/h4-7H,8-9,14H2,1-3H3. The SMILES string of the molecule is COc1ccccc1CC(=O)CC(C)(C)N. The first kappa shape index (κ1) is 12.7. The molecule has 3 nitrogen and oxygen atoms in total. The fourth-order valence-electron chi connectivity index (χ4n) is 1.63. The van der Waals surface area contributed by atoms with Crippen molar-refractivity contribution in [3.8, 4) is 5.75 Å². The van der Waals surface area contributed by atoms with Crippen LogP contribution < -0.4 is 10.5 Å². The van der Waals surface area contributed by atoms with Crippen LogP contribution in [0, 0.1) is 0 Å². The van der Waals surface area contributed by atoms with Gasteiger partial charge in [0.1, 0.15) is 11.5 Å². The van der Waals surface area contributed by atoms with Crippen LogP contribution in [0.25, 0.3) is 0 Å².